The molecule has 0 aliphatic carbocycles. The molecule has 0 saturated heterocycles. The molecule has 0 unspecified atom stereocenters. The van der Waals surface area contributed by atoms with Crippen molar-refractivity contribution in [1.29, 1.82) is 0 Å². The maximum Gasteiger partial charge on any atom is 0.244 e. The first kappa shape index (κ1) is 20.1. The molecule has 1 amide bonds. The topological polar surface area (TPSA) is 73.3 Å². The van der Waals surface area contributed by atoms with E-state index in [9.17, 15) is 4.79 Å². The van der Waals surface area contributed by atoms with E-state index in [0.29, 0.717) is 30.3 Å². The lowest BCUT2D eigenvalue weighted by atomic mass is 10.2. The summed E-state index contributed by atoms with van der Waals surface area (Å²) in [6.07, 6.45) is 7.47. The number of benzene rings is 2. The Morgan fingerprint density at radius 1 is 1.00 bits per heavy atom. The van der Waals surface area contributed by atoms with E-state index in [1.807, 2.05) is 42.5 Å². The van der Waals surface area contributed by atoms with Gasteiger partial charge in [-0.3, -0.25) is 4.79 Å². The summed E-state index contributed by atoms with van der Waals surface area (Å²) in [5.41, 5.74) is 2.80. The van der Waals surface area contributed by atoms with Crippen molar-refractivity contribution in [1.82, 2.24) is 15.3 Å². The normalized spacial score (nSPS) is 10.7. The fourth-order valence-electron chi connectivity index (χ4n) is 2.74. The minimum atomic E-state index is -0.165. The lowest BCUT2D eigenvalue weighted by Gasteiger charge is -2.07. The minimum Gasteiger partial charge on any atom is -0.493 e. The van der Waals surface area contributed by atoms with E-state index in [1.54, 1.807) is 38.8 Å². The molecule has 0 bridgehead atoms. The van der Waals surface area contributed by atoms with Crippen LogP contribution in [0.5, 0.6) is 11.5 Å². The molecule has 0 atom stereocenters. The second kappa shape index (κ2) is 10.0. The van der Waals surface area contributed by atoms with Gasteiger partial charge in [-0.15, -0.1) is 0 Å². The molecule has 0 radical (unpaired) electrons. The van der Waals surface area contributed by atoms with Gasteiger partial charge in [-0.25, -0.2) is 9.97 Å². The Balaban J connectivity index is 1.49. The Kier molecular flexibility index (Phi) is 6.95. The van der Waals surface area contributed by atoms with Crippen molar-refractivity contribution in [3.63, 3.8) is 0 Å². The van der Waals surface area contributed by atoms with Crippen LogP contribution >= 0.6 is 0 Å². The Labute approximate surface area is 170 Å². The van der Waals surface area contributed by atoms with E-state index in [4.69, 9.17) is 9.47 Å². The molecule has 0 fully saturated rings. The predicted molar refractivity (Wildman–Crippen MR) is 113 cm³/mol. The van der Waals surface area contributed by atoms with Gasteiger partial charge in [0.25, 0.3) is 0 Å². The molecular weight excluding hydrogens is 366 g/mol. The Morgan fingerprint density at radius 2 is 1.72 bits per heavy atom. The summed E-state index contributed by atoms with van der Waals surface area (Å²) in [6, 6.07) is 15.3. The van der Waals surface area contributed by atoms with Crippen molar-refractivity contribution < 1.29 is 14.3 Å². The molecule has 3 rings (SSSR count). The minimum absolute atomic E-state index is 0.165. The number of amides is 1. The zero-order valence-electron chi connectivity index (χ0n) is 16.5. The predicted octanol–water partition coefficient (Wildman–Crippen LogP) is 3.53. The standard InChI is InChI=1S/C23H23N3O3/c1-28-20-10-8-17(14-21(20)29-2)9-11-22(27)24-13-12-18-15-25-23(26-16-18)19-6-4-3-5-7-19/h3-11,14-16H,12-13H2,1-2H3,(H,24,27)/b11-9+. The number of carbonyl (C=O) groups is 1. The summed E-state index contributed by atoms with van der Waals surface area (Å²) in [5, 5.41) is 2.86. The van der Waals surface area contributed by atoms with Crippen LogP contribution in [0.15, 0.2) is 67.0 Å². The van der Waals surface area contributed by atoms with Gasteiger partial charge < -0.3 is 14.8 Å². The Morgan fingerprint density at radius 3 is 2.41 bits per heavy atom. The number of hydrogen-bond donors (Lipinski definition) is 1. The molecule has 6 heteroatoms. The zero-order valence-corrected chi connectivity index (χ0v) is 16.5. The molecule has 29 heavy (non-hydrogen) atoms. The van der Waals surface area contributed by atoms with E-state index in [-0.39, 0.29) is 5.91 Å². The van der Waals surface area contributed by atoms with Crippen LogP contribution < -0.4 is 14.8 Å². The molecule has 1 N–H and O–H groups in total. The highest BCUT2D eigenvalue weighted by Crippen LogP contribution is 2.27. The first-order valence-corrected chi connectivity index (χ1v) is 9.24. The molecule has 1 heterocycles. The number of methoxy groups -OCH3 is 2. The molecule has 0 spiro atoms. The molecule has 0 saturated carbocycles. The van der Waals surface area contributed by atoms with E-state index < -0.39 is 0 Å². The lowest BCUT2D eigenvalue weighted by Crippen LogP contribution is -2.23. The van der Waals surface area contributed by atoms with Crippen LogP contribution in [0.1, 0.15) is 11.1 Å². The van der Waals surface area contributed by atoms with Gasteiger partial charge in [0.1, 0.15) is 0 Å². The summed E-state index contributed by atoms with van der Waals surface area (Å²) in [5.74, 6) is 1.79. The van der Waals surface area contributed by atoms with Crippen molar-refractivity contribution >= 4 is 12.0 Å². The van der Waals surface area contributed by atoms with Gasteiger partial charge in [-0.2, -0.15) is 0 Å². The van der Waals surface area contributed by atoms with Crippen LogP contribution in [-0.2, 0) is 11.2 Å². The van der Waals surface area contributed by atoms with Crippen LogP contribution in [0, 0.1) is 0 Å². The molecule has 3 aromatic rings. The highest BCUT2D eigenvalue weighted by Gasteiger charge is 2.04. The maximum absolute atomic E-state index is 12.0. The molecule has 1 aromatic heterocycles. The molecule has 0 aliphatic rings. The Hall–Kier alpha value is -3.67. The molecular formula is C23H23N3O3. The highest BCUT2D eigenvalue weighted by atomic mass is 16.5. The largest absolute Gasteiger partial charge is 0.493 e. The van der Waals surface area contributed by atoms with Gasteiger partial charge in [-0.05, 0) is 35.8 Å². The van der Waals surface area contributed by atoms with Gasteiger partial charge in [0, 0.05) is 30.6 Å². The molecule has 2 aromatic carbocycles. The van der Waals surface area contributed by atoms with E-state index in [1.165, 1.54) is 6.08 Å². The van der Waals surface area contributed by atoms with Gasteiger partial charge >= 0.3 is 0 Å². The van der Waals surface area contributed by atoms with Crippen LogP contribution in [0.25, 0.3) is 17.5 Å². The van der Waals surface area contributed by atoms with Crippen LogP contribution in [0.4, 0.5) is 0 Å². The van der Waals surface area contributed by atoms with Gasteiger partial charge in [0.15, 0.2) is 17.3 Å². The van der Waals surface area contributed by atoms with E-state index in [0.717, 1.165) is 16.7 Å². The number of aromatic nitrogens is 2. The van der Waals surface area contributed by atoms with Crippen molar-refractivity contribution in [2.45, 2.75) is 6.42 Å². The number of hydrogen-bond acceptors (Lipinski definition) is 5. The quantitative estimate of drug-likeness (QED) is 0.597. The monoisotopic (exact) mass is 389 g/mol. The summed E-state index contributed by atoms with van der Waals surface area (Å²) < 4.78 is 10.5. The maximum atomic E-state index is 12.0. The zero-order chi connectivity index (χ0) is 20.5. The lowest BCUT2D eigenvalue weighted by molar-refractivity contribution is -0.116. The first-order valence-electron chi connectivity index (χ1n) is 9.24. The third-order valence-corrected chi connectivity index (χ3v) is 4.28. The van der Waals surface area contributed by atoms with E-state index in [2.05, 4.69) is 15.3 Å². The smallest absolute Gasteiger partial charge is 0.244 e. The van der Waals surface area contributed by atoms with Crippen molar-refractivity contribution in [3.8, 4) is 22.9 Å². The SMILES string of the molecule is COc1ccc(/C=C/C(=O)NCCc2cnc(-c3ccccc3)nc2)cc1OC. The van der Waals surface area contributed by atoms with Gasteiger partial charge in [0.05, 0.1) is 14.2 Å². The summed E-state index contributed by atoms with van der Waals surface area (Å²) in [4.78, 5) is 20.8. The molecule has 148 valence electrons. The number of nitrogens with one attached hydrogen (secondary N) is 1. The van der Waals surface area contributed by atoms with Crippen LogP contribution in [-0.4, -0.2) is 36.6 Å². The summed E-state index contributed by atoms with van der Waals surface area (Å²) in [7, 11) is 3.16. The van der Waals surface area contributed by atoms with Crippen LogP contribution in [0.2, 0.25) is 0 Å². The highest BCUT2D eigenvalue weighted by molar-refractivity contribution is 5.91. The van der Waals surface area contributed by atoms with Crippen molar-refractivity contribution in [3.05, 3.63) is 78.1 Å². The van der Waals surface area contributed by atoms with Gasteiger partial charge in [0.2, 0.25) is 5.91 Å². The average molecular weight is 389 g/mol. The number of rotatable bonds is 8. The van der Waals surface area contributed by atoms with Crippen LogP contribution in [0.3, 0.4) is 0 Å². The van der Waals surface area contributed by atoms with E-state index >= 15 is 0 Å². The Bertz CT molecular complexity index is 970. The van der Waals surface area contributed by atoms with Gasteiger partial charge in [-0.1, -0.05) is 36.4 Å². The number of nitrogens with zero attached hydrogens (tertiary/aromatic N) is 2. The number of ether oxygens (including phenoxy) is 2. The first-order chi connectivity index (χ1) is 14.2. The average Bonchev–Trinajstić information content (AvgIpc) is 2.78. The van der Waals surface area contributed by atoms with Crippen molar-refractivity contribution in [2.24, 2.45) is 0 Å². The fourth-order valence-corrected chi connectivity index (χ4v) is 2.74. The third-order valence-electron chi connectivity index (χ3n) is 4.28. The number of carbonyl (C=O) groups excluding carboxylic acids is 1. The second-order valence-corrected chi connectivity index (χ2v) is 6.27. The second-order valence-electron chi connectivity index (χ2n) is 6.27. The van der Waals surface area contributed by atoms with Crippen molar-refractivity contribution in [2.75, 3.05) is 20.8 Å². The fraction of sp³-hybridized carbons (Fsp3) is 0.174. The molecule has 6 nitrogen and oxygen atoms in total. The summed E-state index contributed by atoms with van der Waals surface area (Å²) in [6.45, 7) is 0.503. The third kappa shape index (κ3) is 5.65. The molecule has 0 aliphatic heterocycles. The summed E-state index contributed by atoms with van der Waals surface area (Å²) >= 11 is 0.